The molecule has 0 saturated carbocycles. The van der Waals surface area contributed by atoms with Crippen LogP contribution in [0.2, 0.25) is 0 Å². The molecule has 2 rings (SSSR count). The lowest BCUT2D eigenvalue weighted by Crippen LogP contribution is -2.56. The first-order chi connectivity index (χ1) is 13.2. The number of allylic oxidation sites excluding steroid dienone is 4. The molecule has 2 aliphatic rings. The smallest absolute Gasteiger partial charge is 0.185 e. The van der Waals surface area contributed by atoms with Crippen LogP contribution in [0.4, 0.5) is 0 Å². The van der Waals surface area contributed by atoms with Gasteiger partial charge in [0.15, 0.2) is 11.6 Å². The van der Waals surface area contributed by atoms with Gasteiger partial charge >= 0.3 is 0 Å². The van der Waals surface area contributed by atoms with E-state index in [-0.39, 0.29) is 17.6 Å². The highest BCUT2D eigenvalue weighted by atomic mass is 16.3. The summed E-state index contributed by atoms with van der Waals surface area (Å²) in [6.45, 7) is 10.4. The summed E-state index contributed by atoms with van der Waals surface area (Å²) in [6.07, 6.45) is 3.65. The van der Waals surface area contributed by atoms with E-state index in [9.17, 15) is 19.5 Å². The van der Waals surface area contributed by atoms with E-state index in [4.69, 9.17) is 0 Å². The highest BCUT2D eigenvalue weighted by Gasteiger charge is 2.37. The topological polar surface area (TPSA) is 86.7 Å². The molecule has 1 heterocycles. The van der Waals surface area contributed by atoms with Crippen LogP contribution in [-0.4, -0.2) is 65.7 Å². The maximum atomic E-state index is 12.7. The lowest BCUT2D eigenvalue weighted by atomic mass is 9.80. The quantitative estimate of drug-likeness (QED) is 0.356. The molecule has 1 saturated heterocycles. The largest absolute Gasteiger partial charge is 0.389 e. The van der Waals surface area contributed by atoms with Crippen molar-refractivity contribution in [3.8, 4) is 0 Å². The van der Waals surface area contributed by atoms with Gasteiger partial charge in [-0.25, -0.2) is 0 Å². The number of aliphatic hydroxyl groups is 1. The third-order valence-corrected chi connectivity index (χ3v) is 6.30. The van der Waals surface area contributed by atoms with E-state index in [0.29, 0.717) is 41.6 Å². The molecule has 1 aliphatic carbocycles. The minimum absolute atomic E-state index is 0.0728. The number of nitrogens with zero attached hydrogens (tertiary/aromatic N) is 1. The van der Waals surface area contributed by atoms with E-state index >= 15 is 0 Å². The Bertz CT molecular complexity index is 685. The minimum atomic E-state index is -1.01. The van der Waals surface area contributed by atoms with E-state index in [1.807, 2.05) is 6.92 Å². The second-order valence-corrected chi connectivity index (χ2v) is 8.27. The molecule has 2 unspecified atom stereocenters. The molecule has 156 valence electrons. The van der Waals surface area contributed by atoms with Crippen molar-refractivity contribution in [2.45, 2.75) is 71.4 Å². The zero-order valence-electron chi connectivity index (χ0n) is 17.6. The summed E-state index contributed by atoms with van der Waals surface area (Å²) < 4.78 is 0. The van der Waals surface area contributed by atoms with E-state index in [1.165, 1.54) is 0 Å². The Morgan fingerprint density at radius 3 is 2.32 bits per heavy atom. The number of hydrogen-bond acceptors (Lipinski definition) is 6. The lowest BCUT2D eigenvalue weighted by molar-refractivity contribution is -0.116. The first-order valence-corrected chi connectivity index (χ1v) is 10.3. The average Bonchev–Trinajstić information content (AvgIpc) is 2.68. The summed E-state index contributed by atoms with van der Waals surface area (Å²) in [6, 6.07) is -0.0803. The summed E-state index contributed by atoms with van der Waals surface area (Å²) in [5.74, 6) is -0.151. The number of hydrogen-bond donors (Lipinski definition) is 2. The third-order valence-electron chi connectivity index (χ3n) is 6.30. The van der Waals surface area contributed by atoms with Crippen LogP contribution in [0, 0.1) is 0 Å². The first kappa shape index (κ1) is 22.7. The molecule has 1 aliphatic heterocycles. The van der Waals surface area contributed by atoms with Gasteiger partial charge in [-0.2, -0.15) is 0 Å². The Kier molecular flexibility index (Phi) is 7.87. The fourth-order valence-corrected chi connectivity index (χ4v) is 4.28. The fourth-order valence-electron chi connectivity index (χ4n) is 4.28. The van der Waals surface area contributed by atoms with Crippen LogP contribution in [0.3, 0.4) is 0 Å². The molecular weight excluding hydrogens is 356 g/mol. The predicted molar refractivity (Wildman–Crippen MR) is 109 cm³/mol. The van der Waals surface area contributed by atoms with Gasteiger partial charge in [-0.15, -0.1) is 0 Å². The van der Waals surface area contributed by atoms with Crippen molar-refractivity contribution in [3.63, 3.8) is 0 Å². The van der Waals surface area contributed by atoms with Gasteiger partial charge in [-0.3, -0.25) is 14.5 Å². The molecule has 0 aromatic rings. The lowest BCUT2D eigenvalue weighted by Gasteiger charge is -2.43. The summed E-state index contributed by atoms with van der Waals surface area (Å²) in [5, 5.41) is 14.7. The van der Waals surface area contributed by atoms with Crippen LogP contribution in [-0.2, 0) is 14.4 Å². The number of piperazine rings is 1. The van der Waals surface area contributed by atoms with Crippen LogP contribution in [0.25, 0.3) is 0 Å². The summed E-state index contributed by atoms with van der Waals surface area (Å²) in [5.41, 5.74) is 1.05. The van der Waals surface area contributed by atoms with Gasteiger partial charge in [-0.1, -0.05) is 0 Å². The SMILES string of the molecule is CC1=C(C)C(=O)C(CCC(C)(O)C(CCCC=O)N2CCNCC2)=C(C)C1=O. The molecule has 6 heteroatoms. The monoisotopic (exact) mass is 390 g/mol. The standard InChI is InChI=1S/C22H34N2O4/c1-15-16(2)21(27)18(17(3)20(15)26)8-9-22(4,28)19(7-5-6-14-25)24-12-10-23-11-13-24/h14,19,23,28H,5-13H2,1-4H3. The molecule has 0 aromatic heterocycles. The second kappa shape index (κ2) is 9.72. The normalized spacial score (nSPS) is 22.5. The van der Waals surface area contributed by atoms with E-state index in [2.05, 4.69) is 10.2 Å². The predicted octanol–water partition coefficient (Wildman–Crippen LogP) is 1.97. The van der Waals surface area contributed by atoms with Gasteiger partial charge in [0.2, 0.25) is 0 Å². The maximum absolute atomic E-state index is 12.7. The van der Waals surface area contributed by atoms with Crippen molar-refractivity contribution in [1.82, 2.24) is 10.2 Å². The maximum Gasteiger partial charge on any atom is 0.185 e. The summed E-state index contributed by atoms with van der Waals surface area (Å²) >= 11 is 0. The van der Waals surface area contributed by atoms with Crippen molar-refractivity contribution in [1.29, 1.82) is 0 Å². The molecule has 0 amide bonds. The molecular formula is C22H34N2O4. The van der Waals surface area contributed by atoms with Gasteiger partial charge < -0.3 is 15.2 Å². The molecule has 0 radical (unpaired) electrons. The molecule has 0 spiro atoms. The average molecular weight is 391 g/mol. The highest BCUT2D eigenvalue weighted by Crippen LogP contribution is 2.32. The van der Waals surface area contributed by atoms with Crippen LogP contribution in [0.15, 0.2) is 22.3 Å². The van der Waals surface area contributed by atoms with Gasteiger partial charge in [-0.05, 0) is 53.4 Å². The first-order valence-electron chi connectivity index (χ1n) is 10.3. The number of carbonyl (C=O) groups excluding carboxylic acids is 3. The molecule has 1 fully saturated rings. The van der Waals surface area contributed by atoms with Gasteiger partial charge in [0.1, 0.15) is 6.29 Å². The molecule has 6 nitrogen and oxygen atoms in total. The van der Waals surface area contributed by atoms with E-state index in [0.717, 1.165) is 45.3 Å². The summed E-state index contributed by atoms with van der Waals surface area (Å²) in [4.78, 5) is 38.1. The zero-order valence-corrected chi connectivity index (χ0v) is 17.6. The number of Topliss-reactive ketones (excluding diaryl/α,β-unsaturated/α-hetero) is 2. The molecule has 0 bridgehead atoms. The van der Waals surface area contributed by atoms with E-state index < -0.39 is 5.60 Å². The molecule has 2 N–H and O–H groups in total. The number of unbranched alkanes of at least 4 members (excludes halogenated alkanes) is 1. The number of rotatable bonds is 9. The molecule has 28 heavy (non-hydrogen) atoms. The number of carbonyl (C=O) groups is 3. The highest BCUT2D eigenvalue weighted by molar-refractivity contribution is 6.24. The second-order valence-electron chi connectivity index (χ2n) is 8.27. The van der Waals surface area contributed by atoms with Gasteiger partial charge in [0.25, 0.3) is 0 Å². The van der Waals surface area contributed by atoms with Crippen LogP contribution in [0.5, 0.6) is 0 Å². The Balaban J connectivity index is 2.15. The molecule has 2 atom stereocenters. The summed E-state index contributed by atoms with van der Waals surface area (Å²) in [7, 11) is 0. The van der Waals surface area contributed by atoms with Crippen LogP contribution >= 0.6 is 0 Å². The Morgan fingerprint density at radius 2 is 1.71 bits per heavy atom. The van der Waals surface area contributed by atoms with Crippen molar-refractivity contribution in [2.24, 2.45) is 0 Å². The van der Waals surface area contributed by atoms with Crippen molar-refractivity contribution in [2.75, 3.05) is 26.2 Å². The van der Waals surface area contributed by atoms with Crippen molar-refractivity contribution < 1.29 is 19.5 Å². The number of ketones is 2. The van der Waals surface area contributed by atoms with Crippen molar-refractivity contribution >= 4 is 17.9 Å². The van der Waals surface area contributed by atoms with Gasteiger partial charge in [0, 0.05) is 60.9 Å². The van der Waals surface area contributed by atoms with Crippen LogP contribution < -0.4 is 5.32 Å². The third kappa shape index (κ3) is 5.04. The zero-order chi connectivity index (χ0) is 20.9. The molecule has 0 aromatic carbocycles. The van der Waals surface area contributed by atoms with E-state index in [1.54, 1.807) is 20.8 Å². The van der Waals surface area contributed by atoms with Gasteiger partial charge in [0.05, 0.1) is 5.60 Å². The number of nitrogens with one attached hydrogen (secondary N) is 1. The van der Waals surface area contributed by atoms with Crippen molar-refractivity contribution in [3.05, 3.63) is 22.3 Å². The minimum Gasteiger partial charge on any atom is -0.389 e. The fraction of sp³-hybridized carbons (Fsp3) is 0.682. The number of aldehydes is 1. The Morgan fingerprint density at radius 1 is 1.11 bits per heavy atom. The Labute approximate surface area is 168 Å². The Hall–Kier alpha value is -1.63. The van der Waals surface area contributed by atoms with Crippen LogP contribution in [0.1, 0.15) is 59.8 Å².